The lowest BCUT2D eigenvalue weighted by Gasteiger charge is -2.17. The van der Waals surface area contributed by atoms with Crippen molar-refractivity contribution < 1.29 is 17.9 Å². The van der Waals surface area contributed by atoms with E-state index in [1.165, 1.54) is 10.4 Å². The van der Waals surface area contributed by atoms with E-state index in [0.717, 1.165) is 29.0 Å². The lowest BCUT2D eigenvalue weighted by atomic mass is 9.98. The van der Waals surface area contributed by atoms with Gasteiger partial charge in [0.25, 0.3) is 0 Å². The predicted molar refractivity (Wildman–Crippen MR) is 94.9 cm³/mol. The molecular weight excluding hydrogens is 362 g/mol. The average Bonchev–Trinajstić information content (AvgIpc) is 3.25. The van der Waals surface area contributed by atoms with Crippen molar-refractivity contribution in [3.63, 3.8) is 0 Å². The zero-order valence-electron chi connectivity index (χ0n) is 13.7. The van der Waals surface area contributed by atoms with Gasteiger partial charge in [0.2, 0.25) is 16.8 Å². The molecule has 2 heterocycles. The summed E-state index contributed by atoms with van der Waals surface area (Å²) >= 11 is 6.10. The van der Waals surface area contributed by atoms with Crippen LogP contribution in [0, 0.1) is 6.92 Å². The summed E-state index contributed by atoms with van der Waals surface area (Å²) in [6, 6.07) is 10.7. The molecule has 0 bridgehead atoms. The van der Waals surface area contributed by atoms with Crippen LogP contribution in [0.4, 0.5) is 0 Å². The van der Waals surface area contributed by atoms with Crippen LogP contribution in [0.5, 0.6) is 11.5 Å². The van der Waals surface area contributed by atoms with Crippen molar-refractivity contribution in [2.24, 2.45) is 0 Å². The third-order valence-electron chi connectivity index (χ3n) is 4.80. The van der Waals surface area contributed by atoms with Crippen LogP contribution < -0.4 is 9.47 Å². The van der Waals surface area contributed by atoms with Gasteiger partial charge in [-0.3, -0.25) is 0 Å². The molecular formula is C18H18ClNO4S. The van der Waals surface area contributed by atoms with Gasteiger partial charge in [-0.2, -0.15) is 4.31 Å². The Bertz CT molecular complexity index is 929. The SMILES string of the molecule is Cc1ccc(S(=O)(=O)N2CCC(c3ccc4c(c3)OCO4)C2)cc1Cl. The molecule has 0 aromatic heterocycles. The summed E-state index contributed by atoms with van der Waals surface area (Å²) in [5.41, 5.74) is 1.93. The number of benzene rings is 2. The van der Waals surface area contributed by atoms with Gasteiger partial charge in [0.1, 0.15) is 0 Å². The van der Waals surface area contributed by atoms with Crippen LogP contribution in [-0.2, 0) is 10.0 Å². The molecule has 2 aromatic carbocycles. The lowest BCUT2D eigenvalue weighted by molar-refractivity contribution is 0.174. The van der Waals surface area contributed by atoms with E-state index in [1.54, 1.807) is 12.1 Å². The maximum atomic E-state index is 12.9. The van der Waals surface area contributed by atoms with Gasteiger partial charge in [0.15, 0.2) is 11.5 Å². The molecule has 0 aliphatic carbocycles. The maximum Gasteiger partial charge on any atom is 0.243 e. The summed E-state index contributed by atoms with van der Waals surface area (Å²) in [4.78, 5) is 0.245. The Morgan fingerprint density at radius 3 is 2.72 bits per heavy atom. The average molecular weight is 380 g/mol. The normalized spacial score (nSPS) is 20.2. The van der Waals surface area contributed by atoms with E-state index in [4.69, 9.17) is 21.1 Å². The second-order valence-electron chi connectivity index (χ2n) is 6.37. The minimum atomic E-state index is -3.54. The summed E-state index contributed by atoms with van der Waals surface area (Å²) in [6.45, 7) is 3.03. The second kappa shape index (κ2) is 6.20. The van der Waals surface area contributed by atoms with E-state index in [1.807, 2.05) is 25.1 Å². The number of hydrogen-bond acceptors (Lipinski definition) is 4. The molecule has 0 amide bonds. The standard InChI is InChI=1S/C18H18ClNO4S/c1-12-2-4-15(9-16(12)19)25(21,22)20-7-6-14(10-20)13-3-5-17-18(8-13)24-11-23-17/h2-5,8-9,14H,6-7,10-11H2,1H3. The lowest BCUT2D eigenvalue weighted by Crippen LogP contribution is -2.28. The van der Waals surface area contributed by atoms with Gasteiger partial charge in [0, 0.05) is 18.1 Å². The fourth-order valence-electron chi connectivity index (χ4n) is 3.27. The Morgan fingerprint density at radius 2 is 1.92 bits per heavy atom. The summed E-state index contributed by atoms with van der Waals surface area (Å²) in [5, 5.41) is 0.465. The maximum absolute atomic E-state index is 12.9. The highest BCUT2D eigenvalue weighted by molar-refractivity contribution is 7.89. The molecule has 0 saturated carbocycles. The van der Waals surface area contributed by atoms with Crippen LogP contribution in [0.2, 0.25) is 5.02 Å². The third-order valence-corrected chi connectivity index (χ3v) is 7.07. The molecule has 4 rings (SSSR count). The molecule has 7 heteroatoms. The fourth-order valence-corrected chi connectivity index (χ4v) is 5.04. The molecule has 2 aromatic rings. The molecule has 1 atom stereocenters. The Labute approximate surface area is 152 Å². The molecule has 2 aliphatic heterocycles. The molecule has 1 unspecified atom stereocenters. The molecule has 5 nitrogen and oxygen atoms in total. The highest BCUT2D eigenvalue weighted by Crippen LogP contribution is 2.38. The Hall–Kier alpha value is -1.76. The zero-order chi connectivity index (χ0) is 17.6. The first-order chi connectivity index (χ1) is 11.9. The van der Waals surface area contributed by atoms with Gasteiger partial charge in [-0.1, -0.05) is 23.7 Å². The summed E-state index contributed by atoms with van der Waals surface area (Å²) < 4.78 is 38.0. The molecule has 2 aliphatic rings. The van der Waals surface area contributed by atoms with E-state index < -0.39 is 10.0 Å². The van der Waals surface area contributed by atoms with E-state index in [2.05, 4.69) is 0 Å². The monoisotopic (exact) mass is 379 g/mol. The fraction of sp³-hybridized carbons (Fsp3) is 0.333. The number of hydrogen-bond donors (Lipinski definition) is 0. The van der Waals surface area contributed by atoms with Crippen LogP contribution in [-0.4, -0.2) is 32.6 Å². The van der Waals surface area contributed by atoms with Gasteiger partial charge in [-0.15, -0.1) is 0 Å². The number of nitrogens with zero attached hydrogens (tertiary/aromatic N) is 1. The smallest absolute Gasteiger partial charge is 0.243 e. The summed E-state index contributed by atoms with van der Waals surface area (Å²) in [7, 11) is -3.54. The van der Waals surface area contributed by atoms with Crippen LogP contribution >= 0.6 is 11.6 Å². The summed E-state index contributed by atoms with van der Waals surface area (Å²) in [6.07, 6.45) is 0.776. The molecule has 25 heavy (non-hydrogen) atoms. The minimum Gasteiger partial charge on any atom is -0.454 e. The predicted octanol–water partition coefficient (Wildman–Crippen LogP) is 3.56. The van der Waals surface area contributed by atoms with Gasteiger partial charge < -0.3 is 9.47 Å². The topological polar surface area (TPSA) is 55.8 Å². The first-order valence-electron chi connectivity index (χ1n) is 8.11. The van der Waals surface area contributed by atoms with Crippen LogP contribution in [0.15, 0.2) is 41.3 Å². The van der Waals surface area contributed by atoms with Crippen molar-refractivity contribution in [1.82, 2.24) is 4.31 Å². The molecule has 0 radical (unpaired) electrons. The van der Waals surface area contributed by atoms with Gasteiger partial charge in [-0.05, 0) is 54.7 Å². The number of aryl methyl sites for hydroxylation is 1. The molecule has 1 fully saturated rings. The van der Waals surface area contributed by atoms with Gasteiger partial charge in [-0.25, -0.2) is 8.42 Å². The number of sulfonamides is 1. The number of fused-ring (bicyclic) bond motifs is 1. The Kier molecular flexibility index (Phi) is 4.14. The van der Waals surface area contributed by atoms with Gasteiger partial charge >= 0.3 is 0 Å². The van der Waals surface area contributed by atoms with E-state index in [9.17, 15) is 8.42 Å². The van der Waals surface area contributed by atoms with E-state index in [0.29, 0.717) is 18.1 Å². The second-order valence-corrected chi connectivity index (χ2v) is 8.72. The quantitative estimate of drug-likeness (QED) is 0.818. The van der Waals surface area contributed by atoms with Crippen LogP contribution in [0.3, 0.4) is 0 Å². The van der Waals surface area contributed by atoms with Crippen molar-refractivity contribution in [3.8, 4) is 11.5 Å². The minimum absolute atomic E-state index is 0.144. The zero-order valence-corrected chi connectivity index (χ0v) is 15.3. The Balaban J connectivity index is 1.56. The molecule has 1 saturated heterocycles. The van der Waals surface area contributed by atoms with Crippen molar-refractivity contribution in [2.75, 3.05) is 19.9 Å². The number of halogens is 1. The Morgan fingerprint density at radius 1 is 1.12 bits per heavy atom. The van der Waals surface area contributed by atoms with Crippen molar-refractivity contribution in [2.45, 2.75) is 24.2 Å². The van der Waals surface area contributed by atoms with E-state index in [-0.39, 0.29) is 17.6 Å². The highest BCUT2D eigenvalue weighted by Gasteiger charge is 2.34. The molecule has 0 N–H and O–H groups in total. The molecule has 0 spiro atoms. The van der Waals surface area contributed by atoms with Crippen molar-refractivity contribution in [3.05, 3.63) is 52.5 Å². The first kappa shape index (κ1) is 16.7. The third kappa shape index (κ3) is 2.99. The van der Waals surface area contributed by atoms with Crippen LogP contribution in [0.25, 0.3) is 0 Å². The van der Waals surface area contributed by atoms with E-state index >= 15 is 0 Å². The first-order valence-corrected chi connectivity index (χ1v) is 9.93. The highest BCUT2D eigenvalue weighted by atomic mass is 35.5. The van der Waals surface area contributed by atoms with Crippen molar-refractivity contribution >= 4 is 21.6 Å². The summed E-state index contributed by atoms with van der Waals surface area (Å²) in [5.74, 6) is 1.61. The van der Waals surface area contributed by atoms with Crippen molar-refractivity contribution in [1.29, 1.82) is 0 Å². The number of ether oxygens (including phenoxy) is 2. The van der Waals surface area contributed by atoms with Crippen LogP contribution in [0.1, 0.15) is 23.5 Å². The molecule has 132 valence electrons. The largest absolute Gasteiger partial charge is 0.454 e. The number of rotatable bonds is 3. The van der Waals surface area contributed by atoms with Gasteiger partial charge in [0.05, 0.1) is 4.90 Å².